The molecule has 2 N–H and O–H groups in total. The lowest BCUT2D eigenvalue weighted by atomic mass is 9.97. The highest BCUT2D eigenvalue weighted by molar-refractivity contribution is 5.71. The Hall–Kier alpha value is -3.99. The summed E-state index contributed by atoms with van der Waals surface area (Å²) >= 11 is 0. The van der Waals surface area contributed by atoms with Gasteiger partial charge in [0.25, 0.3) is 0 Å². The van der Waals surface area contributed by atoms with Gasteiger partial charge in [0.05, 0.1) is 44.9 Å². The van der Waals surface area contributed by atoms with Crippen LogP contribution in [0.1, 0.15) is 26.7 Å². The van der Waals surface area contributed by atoms with Gasteiger partial charge in [0, 0.05) is 24.9 Å². The normalized spacial score (nSPS) is 15.9. The molecule has 0 saturated carbocycles. The van der Waals surface area contributed by atoms with Crippen molar-refractivity contribution in [3.8, 4) is 22.9 Å². The molecule has 1 fully saturated rings. The molecule has 0 radical (unpaired) electrons. The molecular weight excluding hydrogens is 462 g/mol. The first-order chi connectivity index (χ1) is 17.3. The van der Waals surface area contributed by atoms with E-state index in [1.54, 1.807) is 32.2 Å². The molecule has 1 aliphatic rings. The summed E-state index contributed by atoms with van der Waals surface area (Å²) in [5, 5.41) is 18.6. The number of hydrogen-bond acceptors (Lipinski definition) is 9. The molecule has 5 rings (SSSR count). The van der Waals surface area contributed by atoms with Crippen LogP contribution < -0.4 is 24.4 Å². The Morgan fingerprint density at radius 1 is 1.11 bits per heavy atom. The fourth-order valence-electron chi connectivity index (χ4n) is 4.80. The molecule has 1 saturated heterocycles. The molecule has 0 aliphatic carbocycles. The average Bonchev–Trinajstić information content (AvgIpc) is 3.62. The Morgan fingerprint density at radius 2 is 1.86 bits per heavy atom. The molecule has 3 aromatic heterocycles. The van der Waals surface area contributed by atoms with Crippen molar-refractivity contribution in [1.82, 2.24) is 24.1 Å². The third-order valence-electron chi connectivity index (χ3n) is 6.48. The third kappa shape index (κ3) is 4.26. The highest BCUT2D eigenvalue weighted by atomic mass is 16.5. The van der Waals surface area contributed by atoms with E-state index in [-0.39, 0.29) is 6.04 Å². The number of methoxy groups -OCH3 is 3. The van der Waals surface area contributed by atoms with Crippen LogP contribution in [0, 0.1) is 0 Å². The van der Waals surface area contributed by atoms with Gasteiger partial charge in [-0.1, -0.05) is 0 Å². The highest BCUT2D eigenvalue weighted by Gasteiger charge is 2.37. The molecule has 11 heteroatoms. The van der Waals surface area contributed by atoms with Gasteiger partial charge in [0.2, 0.25) is 11.7 Å². The molecule has 4 heterocycles. The van der Waals surface area contributed by atoms with E-state index < -0.39 is 5.60 Å². The smallest absolute Gasteiger partial charge is 0.248 e. The molecule has 11 nitrogen and oxygen atoms in total. The van der Waals surface area contributed by atoms with Crippen LogP contribution in [0.2, 0.25) is 0 Å². The molecule has 0 unspecified atom stereocenters. The van der Waals surface area contributed by atoms with Crippen molar-refractivity contribution >= 4 is 23.1 Å². The van der Waals surface area contributed by atoms with E-state index in [0.29, 0.717) is 29.0 Å². The van der Waals surface area contributed by atoms with Crippen LogP contribution in [0.3, 0.4) is 0 Å². The number of hydrogen-bond donors (Lipinski definition) is 2. The zero-order chi connectivity index (χ0) is 25.4. The zero-order valence-electron chi connectivity index (χ0n) is 21.1. The van der Waals surface area contributed by atoms with Crippen molar-refractivity contribution < 1.29 is 19.3 Å². The number of aliphatic hydroxyl groups is 1. The Bertz CT molecular complexity index is 1350. The molecule has 0 amide bonds. The predicted octanol–water partition coefficient (Wildman–Crippen LogP) is 3.42. The predicted molar refractivity (Wildman–Crippen MR) is 136 cm³/mol. The van der Waals surface area contributed by atoms with Gasteiger partial charge in [-0.3, -0.25) is 0 Å². The maximum Gasteiger partial charge on any atom is 0.248 e. The monoisotopic (exact) mass is 493 g/mol. The van der Waals surface area contributed by atoms with Crippen LogP contribution in [0.25, 0.3) is 11.2 Å². The molecule has 190 valence electrons. The van der Waals surface area contributed by atoms with Gasteiger partial charge in [-0.25, -0.2) is 9.50 Å². The quantitative estimate of drug-likeness (QED) is 0.381. The van der Waals surface area contributed by atoms with Gasteiger partial charge in [0.15, 0.2) is 23.1 Å². The summed E-state index contributed by atoms with van der Waals surface area (Å²) < 4.78 is 20.0. The minimum Gasteiger partial charge on any atom is -0.493 e. The van der Waals surface area contributed by atoms with Crippen molar-refractivity contribution in [3.63, 3.8) is 0 Å². The van der Waals surface area contributed by atoms with Crippen molar-refractivity contribution in [2.24, 2.45) is 0 Å². The minimum atomic E-state index is -0.849. The lowest BCUT2D eigenvalue weighted by molar-refractivity contribution is 0.0533. The summed E-state index contributed by atoms with van der Waals surface area (Å²) in [5.41, 5.74) is 0.829. The molecule has 0 spiro atoms. The van der Waals surface area contributed by atoms with E-state index in [2.05, 4.69) is 20.3 Å². The molecular formula is C25H31N7O4. The van der Waals surface area contributed by atoms with E-state index in [9.17, 15) is 5.11 Å². The first kappa shape index (κ1) is 23.7. The molecule has 1 aliphatic heterocycles. The van der Waals surface area contributed by atoms with Gasteiger partial charge < -0.3 is 34.1 Å². The van der Waals surface area contributed by atoms with Crippen LogP contribution in [0.5, 0.6) is 17.2 Å². The Morgan fingerprint density at radius 3 is 2.53 bits per heavy atom. The van der Waals surface area contributed by atoms with Crippen LogP contribution in [0.15, 0.2) is 43.0 Å². The van der Waals surface area contributed by atoms with Gasteiger partial charge in [-0.05, 0) is 38.8 Å². The van der Waals surface area contributed by atoms with E-state index >= 15 is 0 Å². The fraction of sp³-hybridized carbons (Fsp3) is 0.400. The lowest BCUT2D eigenvalue weighted by Gasteiger charge is -2.34. The number of nitrogens with zero attached hydrogens (tertiary/aromatic N) is 6. The number of nitrogens with one attached hydrogen (secondary N) is 1. The third-order valence-corrected chi connectivity index (χ3v) is 6.48. The molecule has 1 aromatic carbocycles. The number of aromatic nitrogens is 5. The number of rotatable bonds is 8. The van der Waals surface area contributed by atoms with Crippen LogP contribution in [0.4, 0.5) is 17.6 Å². The van der Waals surface area contributed by atoms with Crippen LogP contribution in [-0.2, 0) is 0 Å². The second kappa shape index (κ2) is 9.23. The second-order valence-corrected chi connectivity index (χ2v) is 9.28. The Balaban J connectivity index is 1.47. The van der Waals surface area contributed by atoms with Gasteiger partial charge in [0.1, 0.15) is 11.8 Å². The molecule has 4 aromatic rings. The standard InChI is InChI=1S/C25H31N7O4/c1-25(2,33)20-9-7-10-31(20)23-17-8-6-11-32(17)29-24(28-23)27-21-14-30(15-26-21)16-12-18(34-3)22(36-5)19(13-16)35-4/h6,8,11-15,20,33H,7,9-10H2,1-5H3,(H,27,29)/t20-/m0/s1. The summed E-state index contributed by atoms with van der Waals surface area (Å²) in [6.45, 7) is 4.52. The summed E-state index contributed by atoms with van der Waals surface area (Å²) in [4.78, 5) is 11.5. The summed E-state index contributed by atoms with van der Waals surface area (Å²) in [5.74, 6) is 3.38. The number of fused-ring (bicyclic) bond motifs is 1. The molecule has 1 atom stereocenters. The van der Waals surface area contributed by atoms with Crippen LogP contribution in [-0.4, -0.2) is 68.8 Å². The number of benzene rings is 1. The van der Waals surface area contributed by atoms with Gasteiger partial charge in [-0.2, -0.15) is 4.98 Å². The second-order valence-electron chi connectivity index (χ2n) is 9.28. The molecule has 36 heavy (non-hydrogen) atoms. The average molecular weight is 494 g/mol. The summed E-state index contributed by atoms with van der Waals surface area (Å²) in [7, 11) is 4.73. The number of anilines is 3. The van der Waals surface area contributed by atoms with Gasteiger partial charge >= 0.3 is 0 Å². The van der Waals surface area contributed by atoms with Gasteiger partial charge in [-0.15, -0.1) is 5.10 Å². The topological polar surface area (TPSA) is 111 Å². The van der Waals surface area contributed by atoms with Crippen molar-refractivity contribution in [2.75, 3.05) is 38.1 Å². The molecule has 0 bridgehead atoms. The summed E-state index contributed by atoms with van der Waals surface area (Å²) in [6.07, 6.45) is 7.30. The first-order valence-electron chi connectivity index (χ1n) is 11.8. The van der Waals surface area contributed by atoms with E-state index in [1.807, 2.05) is 55.1 Å². The maximum absolute atomic E-state index is 10.7. The SMILES string of the molecule is COc1cc(-n2cnc(Nc3nc(N4CCC[C@H]4C(C)(C)O)c4cccn4n3)c2)cc(OC)c1OC. The van der Waals surface area contributed by atoms with E-state index in [0.717, 1.165) is 36.4 Å². The van der Waals surface area contributed by atoms with Crippen molar-refractivity contribution in [1.29, 1.82) is 0 Å². The Labute approximate surface area is 209 Å². The first-order valence-corrected chi connectivity index (χ1v) is 11.8. The fourth-order valence-corrected chi connectivity index (χ4v) is 4.80. The minimum absolute atomic E-state index is 0.0295. The number of ether oxygens (including phenoxy) is 3. The summed E-state index contributed by atoms with van der Waals surface area (Å²) in [6, 6.07) is 7.58. The van der Waals surface area contributed by atoms with Crippen molar-refractivity contribution in [2.45, 2.75) is 38.3 Å². The maximum atomic E-state index is 10.7. The van der Waals surface area contributed by atoms with E-state index in [4.69, 9.17) is 19.2 Å². The Kier molecular flexibility index (Phi) is 6.09. The largest absolute Gasteiger partial charge is 0.493 e. The zero-order valence-corrected chi connectivity index (χ0v) is 21.1. The van der Waals surface area contributed by atoms with E-state index in [1.165, 1.54) is 0 Å². The highest BCUT2D eigenvalue weighted by Crippen LogP contribution is 2.39. The lowest BCUT2D eigenvalue weighted by Crippen LogP contribution is -2.46. The van der Waals surface area contributed by atoms with Crippen LogP contribution >= 0.6 is 0 Å². The number of imidazole rings is 1. The van der Waals surface area contributed by atoms with Crippen molar-refractivity contribution in [3.05, 3.63) is 43.0 Å².